The number of alkyl halides is 19. The molecule has 0 N–H and O–H groups in total. The molecule has 0 unspecified atom stereocenters. The highest BCUT2D eigenvalue weighted by Crippen LogP contribution is 2.67. The third-order valence-electron chi connectivity index (χ3n) is 4.35. The molecular formula is C13F22. The Labute approximate surface area is 174 Å². The molecule has 0 spiro atoms. The number of allylic oxidation sites excluding steroid dienone is 3. The minimum absolute atomic E-state index is 4.92. The number of halogens is 22. The van der Waals surface area contributed by atoms with Crippen molar-refractivity contribution < 1.29 is 96.6 Å². The first kappa shape index (κ1) is 31.0. The molecule has 0 amide bonds. The van der Waals surface area contributed by atoms with E-state index in [1.54, 1.807) is 0 Å². The standard InChI is InChI=1S/C13F22/c14-3-1(2(4(15)16)6(19,20)9(24,25)7(3,21)22)5(17,18)10(26,27)11(28,29)8(23,12(30,31)32)13(33,34)35. The summed E-state index contributed by atoms with van der Waals surface area (Å²) in [4.78, 5) is 0. The smallest absolute Gasteiger partial charge is 0.216 e. The molecule has 0 saturated carbocycles. The largest absolute Gasteiger partial charge is 0.438 e. The van der Waals surface area contributed by atoms with Crippen molar-refractivity contribution in [1.82, 2.24) is 0 Å². The maximum Gasteiger partial charge on any atom is 0.438 e. The summed E-state index contributed by atoms with van der Waals surface area (Å²) in [6.45, 7) is 0. The van der Waals surface area contributed by atoms with Crippen molar-refractivity contribution in [3.63, 3.8) is 0 Å². The molecule has 0 radical (unpaired) electrons. The van der Waals surface area contributed by atoms with Gasteiger partial charge in [0.25, 0.3) is 6.08 Å². The van der Waals surface area contributed by atoms with Gasteiger partial charge < -0.3 is 0 Å². The second-order valence-electron chi connectivity index (χ2n) is 6.42. The summed E-state index contributed by atoms with van der Waals surface area (Å²) in [5.74, 6) is -54.5. The van der Waals surface area contributed by atoms with E-state index >= 15 is 0 Å². The van der Waals surface area contributed by atoms with Crippen LogP contribution in [0.1, 0.15) is 0 Å². The third-order valence-corrected chi connectivity index (χ3v) is 4.35. The van der Waals surface area contributed by atoms with Gasteiger partial charge in [-0.15, -0.1) is 0 Å². The first-order valence-electron chi connectivity index (χ1n) is 7.41. The molecular weight excluding hydrogens is 574 g/mol. The Bertz CT molecular complexity index is 904. The van der Waals surface area contributed by atoms with E-state index in [2.05, 4.69) is 0 Å². The highest BCUT2D eigenvalue weighted by molar-refractivity contribution is 5.53. The molecule has 0 fully saturated rings. The number of hydrogen-bond acceptors (Lipinski definition) is 0. The second-order valence-corrected chi connectivity index (χ2v) is 6.42. The average Bonchev–Trinajstić information content (AvgIpc) is 2.60. The first-order valence-corrected chi connectivity index (χ1v) is 7.41. The Hall–Kier alpha value is -2.06. The Morgan fingerprint density at radius 1 is 0.543 bits per heavy atom. The molecule has 0 aliphatic heterocycles. The van der Waals surface area contributed by atoms with Gasteiger partial charge >= 0.3 is 53.6 Å². The normalized spacial score (nSPS) is 21.9. The molecule has 1 rings (SSSR count). The van der Waals surface area contributed by atoms with Gasteiger partial charge in [-0.3, -0.25) is 0 Å². The average molecular weight is 574 g/mol. The van der Waals surface area contributed by atoms with Crippen LogP contribution in [-0.4, -0.2) is 53.6 Å². The van der Waals surface area contributed by atoms with Gasteiger partial charge in [0.1, 0.15) is 5.57 Å². The maximum atomic E-state index is 14.0. The van der Waals surface area contributed by atoms with E-state index in [1.807, 2.05) is 0 Å². The van der Waals surface area contributed by atoms with E-state index in [1.165, 1.54) is 0 Å². The zero-order chi connectivity index (χ0) is 28.8. The van der Waals surface area contributed by atoms with Crippen molar-refractivity contribution in [1.29, 1.82) is 0 Å². The Balaban J connectivity index is 4.25. The molecule has 0 bridgehead atoms. The molecule has 35 heavy (non-hydrogen) atoms. The Kier molecular flexibility index (Phi) is 6.62. The summed E-state index contributed by atoms with van der Waals surface area (Å²) in [6.07, 6.45) is -21.6. The van der Waals surface area contributed by atoms with E-state index in [0.717, 1.165) is 0 Å². The zero-order valence-corrected chi connectivity index (χ0v) is 14.8. The quantitative estimate of drug-likeness (QED) is 0.299. The molecule has 0 saturated heterocycles. The summed E-state index contributed by atoms with van der Waals surface area (Å²) in [5, 5.41) is 0. The fourth-order valence-corrected chi connectivity index (χ4v) is 2.51. The lowest BCUT2D eigenvalue weighted by Gasteiger charge is -2.44. The molecule has 0 heterocycles. The van der Waals surface area contributed by atoms with Crippen LogP contribution in [-0.2, 0) is 0 Å². The fourth-order valence-electron chi connectivity index (χ4n) is 2.51. The molecule has 0 aromatic rings. The number of hydrogen-bond donors (Lipinski definition) is 0. The molecule has 1 aliphatic rings. The van der Waals surface area contributed by atoms with Gasteiger partial charge in [0.15, 0.2) is 5.83 Å². The third kappa shape index (κ3) is 3.46. The fraction of sp³-hybridized carbons (Fsp3) is 0.692. The van der Waals surface area contributed by atoms with E-state index in [4.69, 9.17) is 0 Å². The van der Waals surface area contributed by atoms with Crippen LogP contribution in [0.4, 0.5) is 96.6 Å². The van der Waals surface area contributed by atoms with Gasteiger partial charge in [0.2, 0.25) is 0 Å². The van der Waals surface area contributed by atoms with Crippen LogP contribution in [0.5, 0.6) is 0 Å². The minimum Gasteiger partial charge on any atom is -0.216 e. The van der Waals surface area contributed by atoms with E-state index in [9.17, 15) is 96.6 Å². The van der Waals surface area contributed by atoms with Gasteiger partial charge in [-0.25, -0.2) is 8.78 Å². The molecule has 0 nitrogen and oxygen atoms in total. The van der Waals surface area contributed by atoms with E-state index in [0.29, 0.717) is 0 Å². The van der Waals surface area contributed by atoms with Gasteiger partial charge in [-0.05, 0) is 0 Å². The molecule has 1 aliphatic carbocycles. The minimum atomic E-state index is -9.05. The molecule has 206 valence electrons. The van der Waals surface area contributed by atoms with Crippen molar-refractivity contribution in [2.45, 2.75) is 53.6 Å². The van der Waals surface area contributed by atoms with Crippen molar-refractivity contribution in [2.24, 2.45) is 0 Å². The Morgan fingerprint density at radius 3 is 1.17 bits per heavy atom. The highest BCUT2D eigenvalue weighted by Gasteiger charge is 2.95. The summed E-state index contributed by atoms with van der Waals surface area (Å²) >= 11 is 0. The summed E-state index contributed by atoms with van der Waals surface area (Å²) in [6, 6.07) is 0. The lowest BCUT2D eigenvalue weighted by molar-refractivity contribution is -0.442. The van der Waals surface area contributed by atoms with Gasteiger partial charge in [0.05, 0.1) is 5.57 Å². The molecule has 22 heteroatoms. The van der Waals surface area contributed by atoms with Crippen molar-refractivity contribution in [3.8, 4) is 0 Å². The van der Waals surface area contributed by atoms with Crippen LogP contribution < -0.4 is 0 Å². The zero-order valence-electron chi connectivity index (χ0n) is 14.8. The summed E-state index contributed by atoms with van der Waals surface area (Å²) < 4.78 is 289. The van der Waals surface area contributed by atoms with E-state index in [-0.39, 0.29) is 0 Å². The topological polar surface area (TPSA) is 0 Å². The monoisotopic (exact) mass is 574 g/mol. The molecule has 0 atom stereocenters. The molecule has 0 aromatic heterocycles. The van der Waals surface area contributed by atoms with E-state index < -0.39 is 76.6 Å². The van der Waals surface area contributed by atoms with Crippen molar-refractivity contribution in [3.05, 3.63) is 23.1 Å². The van der Waals surface area contributed by atoms with Crippen LogP contribution in [0.25, 0.3) is 0 Å². The van der Waals surface area contributed by atoms with Crippen molar-refractivity contribution in [2.75, 3.05) is 0 Å². The van der Waals surface area contributed by atoms with Crippen molar-refractivity contribution >= 4 is 0 Å². The predicted octanol–water partition coefficient (Wildman–Crippen LogP) is 8.02. The van der Waals surface area contributed by atoms with Gasteiger partial charge in [-0.1, -0.05) is 0 Å². The molecule has 0 aromatic carbocycles. The van der Waals surface area contributed by atoms with Crippen LogP contribution in [0.2, 0.25) is 0 Å². The van der Waals surface area contributed by atoms with Crippen LogP contribution in [0, 0.1) is 0 Å². The SMILES string of the molecule is FC(F)=C1C(C(F)(F)C(F)(F)C(F)(F)C(F)(C(F)(F)F)C(F)(F)F)=C(F)C(F)(F)C(F)(F)C1(F)F. The van der Waals surface area contributed by atoms with Gasteiger partial charge in [-0.2, -0.15) is 87.8 Å². The summed E-state index contributed by atoms with van der Waals surface area (Å²) in [7, 11) is 0. The predicted molar refractivity (Wildman–Crippen MR) is 63.0 cm³/mol. The number of rotatable bonds is 4. The lowest BCUT2D eigenvalue weighted by atomic mass is 9.77. The summed E-state index contributed by atoms with van der Waals surface area (Å²) in [5.41, 5.74) is -19.0. The lowest BCUT2D eigenvalue weighted by Crippen LogP contribution is -2.74. The Morgan fingerprint density at radius 2 is 0.886 bits per heavy atom. The highest BCUT2D eigenvalue weighted by atomic mass is 19.4. The first-order chi connectivity index (χ1) is 14.8. The van der Waals surface area contributed by atoms with Crippen LogP contribution in [0.3, 0.4) is 0 Å². The van der Waals surface area contributed by atoms with Crippen LogP contribution >= 0.6 is 0 Å². The maximum absolute atomic E-state index is 14.0. The van der Waals surface area contributed by atoms with Crippen LogP contribution in [0.15, 0.2) is 23.1 Å². The second kappa shape index (κ2) is 7.48. The van der Waals surface area contributed by atoms with Gasteiger partial charge in [0, 0.05) is 0 Å².